The fourth-order valence-corrected chi connectivity index (χ4v) is 9.55. The molecule has 0 radical (unpaired) electrons. The second kappa shape index (κ2) is 12.2. The van der Waals surface area contributed by atoms with E-state index in [2.05, 4.69) is 169 Å². The van der Waals surface area contributed by atoms with Crippen molar-refractivity contribution in [1.29, 1.82) is 0 Å². The summed E-state index contributed by atoms with van der Waals surface area (Å²) in [6, 6.07) is 67.4. The quantitative estimate of drug-likeness (QED) is 0.176. The SMILES string of the molecule is c1ccc2sc(-c3ccc(-c4ccc(N(c5ccc6c(ccc7c8ccccc8oc67)c5)c5ccc6c(ccc7c8ccccc8oc67)c5)cc4)cc3)cc2c1. The van der Waals surface area contributed by atoms with Crippen LogP contribution in [0.4, 0.5) is 17.1 Å². The summed E-state index contributed by atoms with van der Waals surface area (Å²) >= 11 is 1.84. The Morgan fingerprint density at radius 2 is 0.821 bits per heavy atom. The molecule has 9 aromatic carbocycles. The average molecular weight is 734 g/mol. The number of thiophene rings is 1. The van der Waals surface area contributed by atoms with Crippen LogP contribution in [-0.2, 0) is 0 Å². The van der Waals surface area contributed by atoms with E-state index in [1.54, 1.807) is 0 Å². The molecule has 0 saturated heterocycles. The predicted octanol–water partition coefficient (Wildman–Crippen LogP) is 15.8. The predicted molar refractivity (Wildman–Crippen MR) is 237 cm³/mol. The lowest BCUT2D eigenvalue weighted by molar-refractivity contribution is 0.672. The molecule has 3 nitrogen and oxygen atoms in total. The van der Waals surface area contributed by atoms with Gasteiger partial charge in [-0.1, -0.05) is 103 Å². The van der Waals surface area contributed by atoms with E-state index in [-0.39, 0.29) is 0 Å². The molecule has 0 aliphatic heterocycles. The number of benzene rings is 9. The van der Waals surface area contributed by atoms with Crippen LogP contribution >= 0.6 is 11.3 Å². The van der Waals surface area contributed by atoms with Crippen molar-refractivity contribution >= 4 is 104 Å². The van der Waals surface area contributed by atoms with E-state index < -0.39 is 0 Å². The third-order valence-corrected chi connectivity index (χ3v) is 12.4. The third kappa shape index (κ3) is 4.90. The lowest BCUT2D eigenvalue weighted by atomic mass is 10.0. The molecule has 0 aliphatic rings. The summed E-state index contributed by atoms with van der Waals surface area (Å²) in [4.78, 5) is 3.63. The number of fused-ring (bicyclic) bond motifs is 11. The van der Waals surface area contributed by atoms with E-state index in [0.717, 1.165) is 82.5 Å². The summed E-state index contributed by atoms with van der Waals surface area (Å²) in [5.41, 5.74) is 10.5. The molecular weight excluding hydrogens is 703 g/mol. The fourth-order valence-electron chi connectivity index (χ4n) is 8.48. The first-order valence-electron chi connectivity index (χ1n) is 18.9. The van der Waals surface area contributed by atoms with E-state index in [4.69, 9.17) is 8.83 Å². The molecule has 3 heterocycles. The van der Waals surface area contributed by atoms with Crippen LogP contribution in [0.15, 0.2) is 197 Å². The topological polar surface area (TPSA) is 29.5 Å². The maximum absolute atomic E-state index is 6.42. The van der Waals surface area contributed by atoms with Gasteiger partial charge in [-0.2, -0.15) is 0 Å². The van der Waals surface area contributed by atoms with Crippen LogP contribution < -0.4 is 4.90 Å². The minimum atomic E-state index is 0.908. The van der Waals surface area contributed by atoms with E-state index in [0.29, 0.717) is 0 Å². The summed E-state index contributed by atoms with van der Waals surface area (Å²) in [5.74, 6) is 0. The van der Waals surface area contributed by atoms with Gasteiger partial charge in [0.1, 0.15) is 22.3 Å². The van der Waals surface area contributed by atoms with E-state index in [1.165, 1.54) is 31.7 Å². The van der Waals surface area contributed by atoms with Gasteiger partial charge in [0, 0.05) is 59.0 Å². The zero-order valence-electron chi connectivity index (χ0n) is 30.1. The summed E-state index contributed by atoms with van der Waals surface area (Å²) in [6.45, 7) is 0. The Balaban J connectivity index is 0.964. The van der Waals surface area contributed by atoms with Gasteiger partial charge < -0.3 is 13.7 Å². The monoisotopic (exact) mass is 733 g/mol. The zero-order valence-corrected chi connectivity index (χ0v) is 30.9. The average Bonchev–Trinajstić information content (AvgIpc) is 3.98. The van der Waals surface area contributed by atoms with Crippen LogP contribution in [-0.4, -0.2) is 0 Å². The van der Waals surface area contributed by atoms with Gasteiger partial charge in [-0.05, 0) is 118 Å². The Hall–Kier alpha value is -7.14. The Morgan fingerprint density at radius 1 is 0.339 bits per heavy atom. The summed E-state index contributed by atoms with van der Waals surface area (Å²) in [6.07, 6.45) is 0. The largest absolute Gasteiger partial charge is 0.455 e. The van der Waals surface area contributed by atoms with Gasteiger partial charge in [0.25, 0.3) is 0 Å². The molecule has 0 bridgehead atoms. The molecule has 0 saturated carbocycles. The number of nitrogens with zero attached hydrogens (tertiary/aromatic N) is 1. The van der Waals surface area contributed by atoms with Gasteiger partial charge in [-0.25, -0.2) is 0 Å². The van der Waals surface area contributed by atoms with Gasteiger partial charge in [0.05, 0.1) is 0 Å². The van der Waals surface area contributed by atoms with Crippen LogP contribution in [0.1, 0.15) is 0 Å². The number of para-hydroxylation sites is 2. The van der Waals surface area contributed by atoms with Crippen molar-refractivity contribution in [2.45, 2.75) is 0 Å². The highest BCUT2D eigenvalue weighted by atomic mass is 32.1. The van der Waals surface area contributed by atoms with Crippen LogP contribution in [0.25, 0.3) is 97.1 Å². The second-order valence-corrected chi connectivity index (χ2v) is 15.6. The first-order chi connectivity index (χ1) is 27.7. The van der Waals surface area contributed by atoms with Crippen LogP contribution in [0.2, 0.25) is 0 Å². The molecule has 12 rings (SSSR count). The lowest BCUT2D eigenvalue weighted by Crippen LogP contribution is -2.10. The number of rotatable bonds is 5. The lowest BCUT2D eigenvalue weighted by Gasteiger charge is -2.26. The number of furan rings is 2. The van der Waals surface area contributed by atoms with Crippen LogP contribution in [0.3, 0.4) is 0 Å². The smallest absolute Gasteiger partial charge is 0.143 e. The standard InChI is InChI=1S/C52H31NO2S/c1-6-12-49-37(7-1)31-50(56-49)34-15-13-32(14-16-34)33-17-21-38(22-18-33)53(39-23-27-41-35(29-39)19-25-45-43-8-2-4-10-47(43)54-51(41)45)40-24-28-42-36(30-40)20-26-46-44-9-3-5-11-48(44)55-52(42)46/h1-31H. The maximum atomic E-state index is 6.42. The summed E-state index contributed by atoms with van der Waals surface area (Å²) in [7, 11) is 0. The molecule has 56 heavy (non-hydrogen) atoms. The Labute approximate surface area is 325 Å². The van der Waals surface area contributed by atoms with Gasteiger partial charge in [-0.15, -0.1) is 11.3 Å². The first kappa shape index (κ1) is 31.2. The Morgan fingerprint density at radius 3 is 1.41 bits per heavy atom. The maximum Gasteiger partial charge on any atom is 0.143 e. The molecule has 12 aromatic rings. The van der Waals surface area contributed by atoms with Crippen LogP contribution in [0, 0.1) is 0 Å². The molecule has 4 heteroatoms. The van der Waals surface area contributed by atoms with Gasteiger partial charge in [0.2, 0.25) is 0 Å². The highest BCUT2D eigenvalue weighted by Crippen LogP contribution is 2.42. The van der Waals surface area contributed by atoms with Crippen molar-refractivity contribution in [3.8, 4) is 21.6 Å². The Bertz CT molecular complexity index is 3290. The molecule has 0 atom stereocenters. The van der Waals surface area contributed by atoms with Crippen molar-refractivity contribution in [2.75, 3.05) is 4.90 Å². The highest BCUT2D eigenvalue weighted by Gasteiger charge is 2.18. The molecule has 0 N–H and O–H groups in total. The van der Waals surface area contributed by atoms with Crippen molar-refractivity contribution < 1.29 is 8.83 Å². The van der Waals surface area contributed by atoms with Gasteiger partial charge >= 0.3 is 0 Å². The first-order valence-corrected chi connectivity index (χ1v) is 19.7. The normalized spacial score (nSPS) is 11.9. The fraction of sp³-hybridized carbons (Fsp3) is 0. The van der Waals surface area contributed by atoms with Gasteiger partial charge in [-0.3, -0.25) is 0 Å². The number of hydrogen-bond acceptors (Lipinski definition) is 4. The van der Waals surface area contributed by atoms with Crippen LogP contribution in [0.5, 0.6) is 0 Å². The second-order valence-electron chi connectivity index (χ2n) is 14.5. The van der Waals surface area contributed by atoms with E-state index in [9.17, 15) is 0 Å². The number of hydrogen-bond donors (Lipinski definition) is 0. The summed E-state index contributed by atoms with van der Waals surface area (Å²) < 4.78 is 14.2. The van der Waals surface area contributed by atoms with Crippen molar-refractivity contribution in [3.05, 3.63) is 188 Å². The molecule has 0 amide bonds. The minimum Gasteiger partial charge on any atom is -0.455 e. The molecular formula is C52H31NO2S. The summed E-state index contributed by atoms with van der Waals surface area (Å²) in [5, 5.41) is 10.3. The van der Waals surface area contributed by atoms with E-state index in [1.807, 2.05) is 35.6 Å². The molecule has 0 aliphatic carbocycles. The molecule has 3 aromatic heterocycles. The zero-order chi connectivity index (χ0) is 36.7. The number of anilines is 3. The van der Waals surface area contributed by atoms with Crippen molar-refractivity contribution in [3.63, 3.8) is 0 Å². The van der Waals surface area contributed by atoms with Gasteiger partial charge in [0.15, 0.2) is 0 Å². The third-order valence-electron chi connectivity index (χ3n) is 11.3. The molecule has 0 spiro atoms. The van der Waals surface area contributed by atoms with E-state index >= 15 is 0 Å². The molecule has 0 unspecified atom stereocenters. The Kier molecular flexibility index (Phi) is 6.80. The molecule has 262 valence electrons. The minimum absolute atomic E-state index is 0.908. The highest BCUT2D eigenvalue weighted by molar-refractivity contribution is 7.22. The van der Waals surface area contributed by atoms with Crippen molar-refractivity contribution in [1.82, 2.24) is 0 Å². The molecule has 0 fully saturated rings. The van der Waals surface area contributed by atoms with Crippen molar-refractivity contribution in [2.24, 2.45) is 0 Å².